The van der Waals surface area contributed by atoms with Gasteiger partial charge in [0.2, 0.25) is 0 Å². The lowest BCUT2D eigenvalue weighted by molar-refractivity contribution is 0.0515. The number of amides is 2. The Morgan fingerprint density at radius 2 is 1.70 bits per heavy atom. The summed E-state index contributed by atoms with van der Waals surface area (Å²) >= 11 is 0. The fourth-order valence-electron chi connectivity index (χ4n) is 3.92. The Labute approximate surface area is 198 Å². The summed E-state index contributed by atoms with van der Waals surface area (Å²) in [6.45, 7) is 11.9. The Balaban J connectivity index is 2.08. The summed E-state index contributed by atoms with van der Waals surface area (Å²) in [6.07, 6.45) is 4.52. The highest BCUT2D eigenvalue weighted by Gasteiger charge is 2.27. The van der Waals surface area contributed by atoms with Gasteiger partial charge in [-0.25, -0.2) is 9.59 Å². The topological polar surface area (TPSA) is 88.1 Å². The van der Waals surface area contributed by atoms with E-state index in [0.717, 1.165) is 12.8 Å². The third-order valence-electron chi connectivity index (χ3n) is 5.43. The molecule has 1 aliphatic carbocycles. The van der Waals surface area contributed by atoms with Crippen LogP contribution in [0.25, 0.3) is 0 Å². The summed E-state index contributed by atoms with van der Waals surface area (Å²) in [5.74, 6) is 0.442. The highest BCUT2D eigenvalue weighted by atomic mass is 16.6. The maximum Gasteiger partial charge on any atom is 0.414 e. The van der Waals surface area contributed by atoms with Gasteiger partial charge in [-0.2, -0.15) is 0 Å². The van der Waals surface area contributed by atoms with Gasteiger partial charge >= 0.3 is 12.2 Å². The Bertz CT molecular complexity index is 776. The van der Waals surface area contributed by atoms with Gasteiger partial charge in [0.25, 0.3) is 0 Å². The van der Waals surface area contributed by atoms with Gasteiger partial charge in [-0.15, -0.1) is 0 Å². The second-order valence-electron chi connectivity index (χ2n) is 10.9. The minimum atomic E-state index is -0.782. The van der Waals surface area contributed by atoms with Crippen molar-refractivity contribution in [3.8, 4) is 0 Å². The summed E-state index contributed by atoms with van der Waals surface area (Å²) in [4.78, 5) is 26.6. The zero-order valence-corrected chi connectivity index (χ0v) is 21.1. The molecule has 0 radical (unpaired) electrons. The van der Waals surface area contributed by atoms with Crippen LogP contribution in [0.3, 0.4) is 0 Å². The van der Waals surface area contributed by atoms with E-state index in [-0.39, 0.29) is 12.6 Å². The Kier molecular flexibility index (Phi) is 9.58. The first-order valence-electron chi connectivity index (χ1n) is 12.1. The van der Waals surface area contributed by atoms with Crippen molar-refractivity contribution >= 4 is 17.9 Å². The van der Waals surface area contributed by atoms with Crippen LogP contribution >= 0.6 is 0 Å². The van der Waals surface area contributed by atoms with Crippen molar-refractivity contribution in [2.45, 2.75) is 97.4 Å². The van der Waals surface area contributed by atoms with Crippen LogP contribution in [0.5, 0.6) is 0 Å². The molecular formula is C26H42N2O5. The molecule has 0 saturated heterocycles. The predicted molar refractivity (Wildman–Crippen MR) is 130 cm³/mol. The van der Waals surface area contributed by atoms with Gasteiger partial charge in [-0.3, -0.25) is 4.90 Å². The molecule has 2 N–H and O–H groups in total. The van der Waals surface area contributed by atoms with Crippen molar-refractivity contribution in [3.05, 3.63) is 29.8 Å². The van der Waals surface area contributed by atoms with Gasteiger partial charge in [-0.1, -0.05) is 31.4 Å². The van der Waals surface area contributed by atoms with Crippen LogP contribution in [-0.4, -0.2) is 41.6 Å². The maximum atomic E-state index is 13.1. The lowest BCUT2D eigenvalue weighted by atomic mass is 9.89. The van der Waals surface area contributed by atoms with Crippen molar-refractivity contribution in [2.24, 2.45) is 5.92 Å². The normalized spacial score (nSPS) is 16.1. The van der Waals surface area contributed by atoms with E-state index in [1.165, 1.54) is 19.3 Å². The number of aliphatic hydroxyl groups excluding tert-OH is 1. The molecule has 1 aromatic carbocycles. The number of hydrogen-bond acceptors (Lipinski definition) is 5. The van der Waals surface area contributed by atoms with Crippen LogP contribution in [0, 0.1) is 5.92 Å². The quantitative estimate of drug-likeness (QED) is 0.522. The SMILES string of the molecule is CC(C)(C)OC(=O)NCCC(O)c1cccc(N(CC2CCCCC2)C(=O)OC(C)(C)C)c1. The van der Waals surface area contributed by atoms with Crippen molar-refractivity contribution in [1.29, 1.82) is 0 Å². The second kappa shape index (κ2) is 11.7. The van der Waals surface area contributed by atoms with Gasteiger partial charge < -0.3 is 19.9 Å². The zero-order valence-electron chi connectivity index (χ0n) is 21.1. The van der Waals surface area contributed by atoms with Gasteiger partial charge in [0, 0.05) is 18.8 Å². The highest BCUT2D eigenvalue weighted by Crippen LogP contribution is 2.29. The molecule has 2 amide bonds. The van der Waals surface area contributed by atoms with Crippen LogP contribution in [0.2, 0.25) is 0 Å². The average molecular weight is 463 g/mol. The molecule has 0 aromatic heterocycles. The molecule has 186 valence electrons. The minimum absolute atomic E-state index is 0.276. The molecule has 2 rings (SSSR count). The van der Waals surface area contributed by atoms with E-state index in [4.69, 9.17) is 9.47 Å². The van der Waals surface area contributed by atoms with E-state index in [1.807, 2.05) is 45.0 Å². The molecular weight excluding hydrogens is 420 g/mol. The van der Waals surface area contributed by atoms with Crippen LogP contribution in [0.1, 0.15) is 91.7 Å². The fraction of sp³-hybridized carbons (Fsp3) is 0.692. The standard InChI is InChI=1S/C26H42N2O5/c1-25(2,3)32-23(30)27-16-15-22(29)20-13-10-14-21(17-20)28(24(31)33-26(4,5)6)18-19-11-8-7-9-12-19/h10,13-14,17,19,22,29H,7-9,11-12,15-16,18H2,1-6H3,(H,27,30). The molecule has 33 heavy (non-hydrogen) atoms. The lowest BCUT2D eigenvalue weighted by Crippen LogP contribution is -2.40. The molecule has 1 saturated carbocycles. The monoisotopic (exact) mass is 462 g/mol. The van der Waals surface area contributed by atoms with E-state index in [0.29, 0.717) is 30.1 Å². The summed E-state index contributed by atoms with van der Waals surface area (Å²) in [7, 11) is 0. The lowest BCUT2D eigenvalue weighted by Gasteiger charge is -2.32. The fourth-order valence-corrected chi connectivity index (χ4v) is 3.92. The number of nitrogens with zero attached hydrogens (tertiary/aromatic N) is 1. The van der Waals surface area contributed by atoms with Gasteiger partial charge in [0.05, 0.1) is 6.10 Å². The first-order valence-corrected chi connectivity index (χ1v) is 12.1. The summed E-state index contributed by atoms with van der Waals surface area (Å²) in [5.41, 5.74) is 0.245. The number of anilines is 1. The van der Waals surface area contributed by atoms with Gasteiger partial charge in [-0.05, 0) is 84.4 Å². The van der Waals surface area contributed by atoms with E-state index in [2.05, 4.69) is 5.32 Å². The van der Waals surface area contributed by atoms with E-state index < -0.39 is 23.4 Å². The first-order chi connectivity index (χ1) is 15.3. The highest BCUT2D eigenvalue weighted by molar-refractivity contribution is 5.88. The molecule has 7 nitrogen and oxygen atoms in total. The molecule has 1 unspecified atom stereocenters. The predicted octanol–water partition coefficient (Wildman–Crippen LogP) is 5.96. The molecule has 0 aliphatic heterocycles. The van der Waals surface area contributed by atoms with Crippen LogP contribution in [0.4, 0.5) is 15.3 Å². The summed E-state index contributed by atoms with van der Waals surface area (Å²) < 4.78 is 10.9. The molecule has 0 bridgehead atoms. The van der Waals surface area contributed by atoms with Crippen LogP contribution in [0.15, 0.2) is 24.3 Å². The van der Waals surface area contributed by atoms with E-state index in [9.17, 15) is 14.7 Å². The minimum Gasteiger partial charge on any atom is -0.444 e. The second-order valence-corrected chi connectivity index (χ2v) is 10.9. The number of carbonyl (C=O) groups is 2. The number of aliphatic hydroxyl groups is 1. The average Bonchev–Trinajstić information content (AvgIpc) is 2.70. The number of nitrogens with one attached hydrogen (secondary N) is 1. The molecule has 1 fully saturated rings. The van der Waals surface area contributed by atoms with Crippen molar-refractivity contribution in [3.63, 3.8) is 0 Å². The Morgan fingerprint density at radius 1 is 1.06 bits per heavy atom. The third kappa shape index (κ3) is 10.0. The number of hydrogen-bond donors (Lipinski definition) is 2. The molecule has 7 heteroatoms. The molecule has 0 spiro atoms. The van der Waals surface area contributed by atoms with Crippen molar-refractivity contribution < 1.29 is 24.2 Å². The van der Waals surface area contributed by atoms with Crippen molar-refractivity contribution in [2.75, 3.05) is 18.0 Å². The van der Waals surface area contributed by atoms with Gasteiger partial charge in [0.15, 0.2) is 0 Å². The third-order valence-corrected chi connectivity index (χ3v) is 5.43. The molecule has 1 aliphatic rings. The summed E-state index contributed by atoms with van der Waals surface area (Å²) in [6, 6.07) is 7.38. The van der Waals surface area contributed by atoms with Crippen LogP contribution < -0.4 is 10.2 Å². The van der Waals surface area contributed by atoms with E-state index in [1.54, 1.807) is 25.7 Å². The summed E-state index contributed by atoms with van der Waals surface area (Å²) in [5, 5.41) is 13.4. The first kappa shape index (κ1) is 27.0. The Hall–Kier alpha value is -2.28. The number of ether oxygens (including phenoxy) is 2. The smallest absolute Gasteiger partial charge is 0.414 e. The maximum absolute atomic E-state index is 13.1. The molecule has 1 atom stereocenters. The Morgan fingerprint density at radius 3 is 2.30 bits per heavy atom. The van der Waals surface area contributed by atoms with Gasteiger partial charge in [0.1, 0.15) is 11.2 Å². The number of rotatable bonds is 7. The largest absolute Gasteiger partial charge is 0.444 e. The zero-order chi connectivity index (χ0) is 24.6. The van der Waals surface area contributed by atoms with E-state index >= 15 is 0 Å². The van der Waals surface area contributed by atoms with Crippen LogP contribution in [-0.2, 0) is 9.47 Å². The van der Waals surface area contributed by atoms with Crippen molar-refractivity contribution in [1.82, 2.24) is 5.32 Å². The number of alkyl carbamates (subject to hydrolysis) is 1. The molecule has 0 heterocycles. The number of benzene rings is 1. The number of carbonyl (C=O) groups excluding carboxylic acids is 2. The molecule has 1 aromatic rings.